The van der Waals surface area contributed by atoms with Gasteiger partial charge in [0.15, 0.2) is 8.07 Å². The van der Waals surface area contributed by atoms with Crippen LogP contribution in [0, 0.1) is 0 Å². The van der Waals surface area contributed by atoms with E-state index in [9.17, 15) is 0 Å². The molecule has 222 valence electrons. The third-order valence-corrected chi connectivity index (χ3v) is 18.7. The van der Waals surface area contributed by atoms with Crippen molar-refractivity contribution in [3.63, 3.8) is 0 Å². The van der Waals surface area contributed by atoms with E-state index in [0.29, 0.717) is 0 Å². The minimum atomic E-state index is -2.59. The van der Waals surface area contributed by atoms with Crippen LogP contribution < -0.4 is 25.6 Å². The molecule has 7 aromatic carbocycles. The van der Waals surface area contributed by atoms with Gasteiger partial charge in [-0.3, -0.25) is 0 Å². The van der Waals surface area contributed by atoms with Crippen molar-refractivity contribution in [2.45, 2.75) is 29.4 Å². The van der Waals surface area contributed by atoms with Crippen molar-refractivity contribution in [3.8, 4) is 11.1 Å². The molecule has 3 aliphatic heterocycles. The second-order valence-electron chi connectivity index (χ2n) is 12.1. The summed E-state index contributed by atoms with van der Waals surface area (Å²) in [5.74, 6) is 0. The summed E-state index contributed by atoms with van der Waals surface area (Å²) in [6.45, 7) is 0. The van der Waals surface area contributed by atoms with Crippen LogP contribution >= 0.6 is 35.3 Å². The fraction of sp³-hybridized carbons (Fsp3) is 0. The van der Waals surface area contributed by atoms with E-state index in [1.807, 2.05) is 35.3 Å². The highest BCUT2D eigenvalue weighted by Gasteiger charge is 2.51. The molecule has 3 heterocycles. The van der Waals surface area contributed by atoms with E-state index in [2.05, 4.69) is 169 Å². The fourth-order valence-electron chi connectivity index (χ4n) is 7.58. The van der Waals surface area contributed by atoms with Crippen LogP contribution in [0.3, 0.4) is 0 Å². The number of hydrogen-bond acceptors (Lipinski definition) is 4. The van der Waals surface area contributed by atoms with Crippen LogP contribution in [0.1, 0.15) is 0 Å². The molecule has 0 aliphatic carbocycles. The van der Waals surface area contributed by atoms with E-state index >= 15 is 0 Å². The normalized spacial score (nSPS) is 14.7. The summed E-state index contributed by atoms with van der Waals surface area (Å²) in [6, 6.07) is 61.4. The molecule has 7 aromatic rings. The standard InChI is InChI=1S/C42H27NS3Si/c1-3-13-33-31(11-1)43(32-12-2-4-14-34(32)44-33)30-24-21-28(22-25-30)29-23-26-38-42(27-29)47(41-20-10-7-17-37(41)46-38)39-18-8-5-15-35(39)45-36-16-6-9-19-40(36)47/h1-27H. The zero-order chi connectivity index (χ0) is 31.0. The molecule has 0 fully saturated rings. The van der Waals surface area contributed by atoms with E-state index in [4.69, 9.17) is 0 Å². The lowest BCUT2D eigenvalue weighted by atomic mass is 10.0. The molecule has 0 saturated heterocycles. The Morgan fingerprint density at radius 1 is 0.340 bits per heavy atom. The smallest absolute Gasteiger partial charge is 0.184 e. The highest BCUT2D eigenvalue weighted by molar-refractivity contribution is 8.01. The van der Waals surface area contributed by atoms with Crippen molar-refractivity contribution in [1.82, 2.24) is 0 Å². The van der Waals surface area contributed by atoms with Gasteiger partial charge in [-0.05, 0) is 92.5 Å². The van der Waals surface area contributed by atoms with Crippen molar-refractivity contribution in [2.24, 2.45) is 0 Å². The summed E-state index contributed by atoms with van der Waals surface area (Å²) in [4.78, 5) is 10.5. The minimum absolute atomic E-state index is 1.18. The van der Waals surface area contributed by atoms with Crippen LogP contribution in [-0.2, 0) is 0 Å². The van der Waals surface area contributed by atoms with Gasteiger partial charge in [0.25, 0.3) is 0 Å². The molecule has 0 atom stereocenters. The molecule has 0 saturated carbocycles. The Labute approximate surface area is 288 Å². The van der Waals surface area contributed by atoms with Crippen molar-refractivity contribution >= 4 is 81.2 Å². The van der Waals surface area contributed by atoms with Gasteiger partial charge in [-0.15, -0.1) is 0 Å². The summed E-state index contributed by atoms with van der Waals surface area (Å²) >= 11 is 5.71. The molecule has 3 aliphatic rings. The van der Waals surface area contributed by atoms with Gasteiger partial charge in [-0.1, -0.05) is 138 Å². The highest BCUT2D eigenvalue weighted by Crippen LogP contribution is 2.51. The molecule has 0 unspecified atom stereocenters. The Hall–Kier alpha value is -4.39. The fourth-order valence-corrected chi connectivity index (χ4v) is 17.8. The number of hydrogen-bond donors (Lipinski definition) is 0. The molecule has 0 aromatic heterocycles. The average molecular weight is 670 g/mol. The van der Waals surface area contributed by atoms with Crippen molar-refractivity contribution < 1.29 is 0 Å². The molecule has 0 radical (unpaired) electrons. The molecule has 0 amide bonds. The zero-order valence-electron chi connectivity index (χ0n) is 25.3. The first-order chi connectivity index (χ1) is 23.3. The summed E-state index contributed by atoms with van der Waals surface area (Å²) < 4.78 is 0. The lowest BCUT2D eigenvalue weighted by Crippen LogP contribution is -2.78. The molecule has 47 heavy (non-hydrogen) atoms. The van der Waals surface area contributed by atoms with E-state index < -0.39 is 8.07 Å². The Kier molecular flexibility index (Phi) is 6.38. The largest absolute Gasteiger partial charge is 0.308 e. The van der Waals surface area contributed by atoms with Gasteiger partial charge >= 0.3 is 0 Å². The Morgan fingerprint density at radius 2 is 0.745 bits per heavy atom. The maximum absolute atomic E-state index is 2.59. The molecule has 0 N–H and O–H groups in total. The van der Waals surface area contributed by atoms with E-state index in [1.54, 1.807) is 0 Å². The topological polar surface area (TPSA) is 3.24 Å². The van der Waals surface area contributed by atoms with Gasteiger partial charge in [0.05, 0.1) is 11.4 Å². The molecule has 1 spiro atoms. The van der Waals surface area contributed by atoms with Crippen LogP contribution in [0.5, 0.6) is 0 Å². The van der Waals surface area contributed by atoms with Crippen LogP contribution in [0.25, 0.3) is 11.1 Å². The Morgan fingerprint density at radius 3 is 1.28 bits per heavy atom. The third kappa shape index (κ3) is 4.14. The number of benzene rings is 7. The number of nitrogens with zero attached hydrogens (tertiary/aromatic N) is 1. The molecule has 10 rings (SSSR count). The average Bonchev–Trinajstić information content (AvgIpc) is 3.14. The van der Waals surface area contributed by atoms with Gasteiger partial charge < -0.3 is 4.90 Å². The molecule has 1 nitrogen and oxygen atoms in total. The molecular weight excluding hydrogens is 643 g/mol. The van der Waals surface area contributed by atoms with Crippen LogP contribution in [0.15, 0.2) is 193 Å². The maximum atomic E-state index is 2.53. The SMILES string of the molecule is c1ccc2c(c1)Sc1ccccc1N2c1ccc(-c2ccc3c(c2)[Si]2(c4ccccc4Sc4ccccc42)c2ccccc2S3)cc1. The predicted octanol–water partition coefficient (Wildman–Crippen LogP) is 9.59. The monoisotopic (exact) mass is 669 g/mol. The zero-order valence-corrected chi connectivity index (χ0v) is 28.7. The van der Waals surface area contributed by atoms with Crippen LogP contribution in [0.2, 0.25) is 0 Å². The first-order valence-corrected chi connectivity index (χ1v) is 20.3. The van der Waals surface area contributed by atoms with Crippen molar-refractivity contribution in [1.29, 1.82) is 0 Å². The summed E-state index contributed by atoms with van der Waals surface area (Å²) in [7, 11) is -2.59. The number of anilines is 3. The van der Waals surface area contributed by atoms with Gasteiger partial charge in [0.1, 0.15) is 0 Å². The van der Waals surface area contributed by atoms with Crippen molar-refractivity contribution in [3.05, 3.63) is 164 Å². The molecular formula is C42H27NS3Si. The van der Waals surface area contributed by atoms with Crippen LogP contribution in [0.4, 0.5) is 17.1 Å². The van der Waals surface area contributed by atoms with E-state index in [0.717, 1.165) is 0 Å². The summed E-state index contributed by atoms with van der Waals surface area (Å²) in [5.41, 5.74) is 6.15. The van der Waals surface area contributed by atoms with Crippen LogP contribution in [-0.4, -0.2) is 8.07 Å². The number of rotatable bonds is 2. The van der Waals surface area contributed by atoms with Crippen molar-refractivity contribution in [2.75, 3.05) is 4.90 Å². The first kappa shape index (κ1) is 27.7. The number of para-hydroxylation sites is 2. The Bertz CT molecular complexity index is 2220. The van der Waals surface area contributed by atoms with E-state index in [1.165, 1.54) is 78.3 Å². The minimum Gasteiger partial charge on any atom is -0.308 e. The van der Waals surface area contributed by atoms with Gasteiger partial charge in [0, 0.05) is 35.1 Å². The third-order valence-electron chi connectivity index (χ3n) is 9.59. The summed E-state index contributed by atoms with van der Waals surface area (Å²) in [6.07, 6.45) is 0. The van der Waals surface area contributed by atoms with Gasteiger partial charge in [0.2, 0.25) is 0 Å². The molecule has 0 bridgehead atoms. The van der Waals surface area contributed by atoms with Gasteiger partial charge in [-0.25, -0.2) is 0 Å². The first-order valence-electron chi connectivity index (χ1n) is 15.8. The summed E-state index contributed by atoms with van der Waals surface area (Å²) in [5, 5.41) is 6.01. The maximum Gasteiger partial charge on any atom is 0.184 e. The predicted molar refractivity (Wildman–Crippen MR) is 203 cm³/mol. The lowest BCUT2D eigenvalue weighted by molar-refractivity contribution is 1.17. The second-order valence-corrected chi connectivity index (χ2v) is 19.0. The lowest BCUT2D eigenvalue weighted by Gasteiger charge is -2.43. The highest BCUT2D eigenvalue weighted by atomic mass is 32.2. The quantitative estimate of drug-likeness (QED) is 0.169. The Balaban J connectivity index is 1.15. The van der Waals surface area contributed by atoms with Gasteiger partial charge in [-0.2, -0.15) is 0 Å². The number of fused-ring (bicyclic) bond motifs is 10. The molecule has 5 heteroatoms. The van der Waals surface area contributed by atoms with E-state index in [-0.39, 0.29) is 0 Å². The second kappa shape index (κ2) is 10.8.